The van der Waals surface area contributed by atoms with Crippen molar-refractivity contribution in [1.29, 1.82) is 0 Å². The van der Waals surface area contributed by atoms with E-state index in [1.54, 1.807) is 12.1 Å². The summed E-state index contributed by atoms with van der Waals surface area (Å²) in [5.74, 6) is -0.813. The lowest BCUT2D eigenvalue weighted by Crippen LogP contribution is -2.00. The third-order valence-electron chi connectivity index (χ3n) is 1.14. The molecule has 1 aromatic carbocycles. The maximum atomic E-state index is 10.6. The van der Waals surface area contributed by atoms with Gasteiger partial charge in [0.1, 0.15) is 8.02 Å². The van der Waals surface area contributed by atoms with Gasteiger partial charge in [0, 0.05) is 5.02 Å². The van der Waals surface area contributed by atoms with E-state index in [4.69, 9.17) is 16.9 Å². The van der Waals surface area contributed by atoms with Crippen molar-refractivity contribution in [2.75, 3.05) is 0 Å². The van der Waals surface area contributed by atoms with Crippen LogP contribution in [-0.4, -0.2) is 11.2 Å². The van der Waals surface area contributed by atoms with Gasteiger partial charge in [-0.2, -0.15) is 5.26 Å². The van der Waals surface area contributed by atoms with Crippen LogP contribution in [0.5, 0.6) is 0 Å². The van der Waals surface area contributed by atoms with E-state index in [0.717, 1.165) is 0 Å². The minimum Gasteiger partial charge on any atom is -0.296 e. The molecule has 1 N–H and O–H groups in total. The molecule has 0 aliphatic carbocycles. The number of carbonyl (C=O) groups excluding carboxylic acids is 1. The second-order valence-electron chi connectivity index (χ2n) is 1.89. The van der Waals surface area contributed by atoms with Crippen molar-refractivity contribution in [3.63, 3.8) is 0 Å². The highest BCUT2D eigenvalue weighted by atomic mass is 35.5. The lowest BCUT2D eigenvalue weighted by atomic mass is 10.2. The molecule has 13 heavy (non-hydrogen) atoms. The molecule has 0 saturated carbocycles. The summed E-state index contributed by atoms with van der Waals surface area (Å²) in [6.45, 7) is 0. The second kappa shape index (κ2) is 6.92. The molecule has 3 nitrogen and oxygen atoms in total. The van der Waals surface area contributed by atoms with Crippen LogP contribution in [0.25, 0.3) is 0 Å². The Morgan fingerprint density at radius 2 is 2.15 bits per heavy atom. The normalized spacial score (nSPS) is 8.15. The number of hydrogen-bond donors (Lipinski definition) is 1. The smallest absolute Gasteiger partial charge is 0.296 e. The third kappa shape index (κ3) is 4.29. The summed E-state index contributed by atoms with van der Waals surface area (Å²) in [6.07, 6.45) is 0. The average molecular weight is 238 g/mol. The molecule has 0 amide bonds. The summed E-state index contributed by atoms with van der Waals surface area (Å²) >= 11 is 9.56. The standard InChI is InChI=1S/C7H5ClO3.HPS/c8-6-3-1-2-5(4-6)7(9)11-10;1-2/h1-4,10H;1H/p+1. The van der Waals surface area contributed by atoms with Crippen LogP contribution >= 0.6 is 19.6 Å². The number of hydrogen-bond acceptors (Lipinski definition) is 4. The van der Waals surface area contributed by atoms with Gasteiger partial charge in [0.15, 0.2) is 11.8 Å². The van der Waals surface area contributed by atoms with Crippen LogP contribution in [-0.2, 0) is 16.7 Å². The predicted octanol–water partition coefficient (Wildman–Crippen LogP) is 2.29. The van der Waals surface area contributed by atoms with E-state index in [9.17, 15) is 4.79 Å². The van der Waals surface area contributed by atoms with Crippen LogP contribution in [0.4, 0.5) is 0 Å². The molecule has 0 spiro atoms. The van der Waals surface area contributed by atoms with Crippen molar-refractivity contribution < 1.29 is 14.9 Å². The molecular formula is C7H7ClO3PS+. The van der Waals surface area contributed by atoms with Crippen molar-refractivity contribution >= 4 is 37.4 Å². The first-order valence-electron chi connectivity index (χ1n) is 3.09. The second-order valence-corrected chi connectivity index (χ2v) is 2.33. The van der Waals surface area contributed by atoms with Crippen molar-refractivity contribution in [3.8, 4) is 0 Å². The Labute approximate surface area is 87.5 Å². The van der Waals surface area contributed by atoms with Gasteiger partial charge in [-0.25, -0.2) is 4.79 Å². The Kier molecular flexibility index (Phi) is 6.63. The minimum absolute atomic E-state index is 0.222. The maximum absolute atomic E-state index is 10.6. The predicted molar refractivity (Wildman–Crippen MR) is 56.6 cm³/mol. The van der Waals surface area contributed by atoms with Gasteiger partial charge in [-0.05, 0) is 18.2 Å². The summed E-state index contributed by atoms with van der Waals surface area (Å²) < 4.78 is 0. The SMILES string of the molecule is O=C(OO)c1cccc(Cl)c1.[PH2+]=S. The van der Waals surface area contributed by atoms with Gasteiger partial charge in [0.25, 0.3) is 0 Å². The summed E-state index contributed by atoms with van der Waals surface area (Å²) in [4.78, 5) is 14.1. The molecule has 0 aliphatic heterocycles. The van der Waals surface area contributed by atoms with Crippen LogP contribution < -0.4 is 0 Å². The molecule has 0 bridgehead atoms. The molecule has 1 rings (SSSR count). The van der Waals surface area contributed by atoms with Gasteiger partial charge < -0.3 is 0 Å². The number of halogens is 1. The van der Waals surface area contributed by atoms with Crippen LogP contribution in [0.2, 0.25) is 5.02 Å². The van der Waals surface area contributed by atoms with Gasteiger partial charge in [-0.15, -0.1) is 0 Å². The van der Waals surface area contributed by atoms with Crippen LogP contribution in [0.3, 0.4) is 0 Å². The summed E-state index contributed by atoms with van der Waals surface area (Å²) in [5.41, 5.74) is 0.222. The zero-order valence-electron chi connectivity index (χ0n) is 6.44. The zero-order valence-corrected chi connectivity index (χ0v) is 9.16. The first-order chi connectivity index (χ1) is 6.24. The lowest BCUT2D eigenvalue weighted by molar-refractivity contribution is -0.182. The van der Waals surface area contributed by atoms with Crippen LogP contribution in [0.15, 0.2) is 24.3 Å². The maximum Gasteiger partial charge on any atom is 0.372 e. The third-order valence-corrected chi connectivity index (χ3v) is 1.38. The molecular weight excluding hydrogens is 231 g/mol. The Morgan fingerprint density at radius 3 is 2.62 bits per heavy atom. The quantitative estimate of drug-likeness (QED) is 0.463. The molecule has 0 aromatic heterocycles. The lowest BCUT2D eigenvalue weighted by Gasteiger charge is -1.95. The van der Waals surface area contributed by atoms with Crippen molar-refractivity contribution in [2.45, 2.75) is 0 Å². The fraction of sp³-hybridized carbons (Fsp3) is 0. The van der Waals surface area contributed by atoms with Crippen molar-refractivity contribution in [2.24, 2.45) is 0 Å². The summed E-state index contributed by atoms with van der Waals surface area (Å²) in [7, 11) is 2.00. The fourth-order valence-corrected chi connectivity index (χ4v) is 0.858. The highest BCUT2D eigenvalue weighted by Crippen LogP contribution is 2.10. The zero-order chi connectivity index (χ0) is 10.3. The molecule has 0 radical (unpaired) electrons. The molecule has 0 aliphatic rings. The Morgan fingerprint density at radius 1 is 1.54 bits per heavy atom. The average Bonchev–Trinajstić information content (AvgIpc) is 2.20. The van der Waals surface area contributed by atoms with Crippen molar-refractivity contribution in [1.82, 2.24) is 0 Å². The van der Waals surface area contributed by atoms with Gasteiger partial charge in [0.05, 0.1) is 5.56 Å². The monoisotopic (exact) mass is 237 g/mol. The molecule has 0 heterocycles. The van der Waals surface area contributed by atoms with E-state index in [0.29, 0.717) is 5.02 Å². The molecule has 1 unspecified atom stereocenters. The van der Waals surface area contributed by atoms with E-state index >= 15 is 0 Å². The topological polar surface area (TPSA) is 46.5 Å². The molecule has 0 saturated heterocycles. The fourth-order valence-electron chi connectivity index (χ4n) is 0.668. The molecule has 70 valence electrons. The molecule has 6 heteroatoms. The Balaban J connectivity index is 0.000000671. The minimum atomic E-state index is -0.813. The largest absolute Gasteiger partial charge is 0.372 e. The highest BCUT2D eigenvalue weighted by molar-refractivity contribution is 7.88. The van der Waals surface area contributed by atoms with Crippen LogP contribution in [0, 0.1) is 0 Å². The van der Waals surface area contributed by atoms with Crippen molar-refractivity contribution in [3.05, 3.63) is 34.9 Å². The number of benzene rings is 1. The summed E-state index contributed by atoms with van der Waals surface area (Å²) in [6, 6.07) is 6.11. The summed E-state index contributed by atoms with van der Waals surface area (Å²) in [5, 5.41) is 8.41. The van der Waals surface area contributed by atoms with Crippen LogP contribution in [0.1, 0.15) is 10.4 Å². The first-order valence-corrected chi connectivity index (χ1v) is 5.35. The Bertz CT molecular complexity index is 295. The van der Waals surface area contributed by atoms with E-state index < -0.39 is 5.97 Å². The van der Waals surface area contributed by atoms with Gasteiger partial charge in [0.2, 0.25) is 0 Å². The van der Waals surface area contributed by atoms with Gasteiger partial charge in [-0.1, -0.05) is 17.7 Å². The Hall–Kier alpha value is -0.540. The van der Waals surface area contributed by atoms with E-state index in [1.165, 1.54) is 12.1 Å². The molecule has 0 fully saturated rings. The van der Waals surface area contributed by atoms with Gasteiger partial charge >= 0.3 is 5.97 Å². The van der Waals surface area contributed by atoms with Gasteiger partial charge in [-0.3, -0.25) is 4.89 Å². The van der Waals surface area contributed by atoms with E-state index in [-0.39, 0.29) is 5.56 Å². The number of carbonyl (C=O) groups is 1. The highest BCUT2D eigenvalue weighted by Gasteiger charge is 2.05. The first kappa shape index (κ1) is 12.5. The van der Waals surface area contributed by atoms with E-state index in [2.05, 4.69) is 16.7 Å². The number of rotatable bonds is 1. The molecule has 1 aromatic rings. The molecule has 1 atom stereocenters. The van der Waals surface area contributed by atoms with E-state index in [1.807, 2.05) is 8.02 Å².